The third kappa shape index (κ3) is 3.06. The highest BCUT2D eigenvalue weighted by Gasteiger charge is 2.40. The Morgan fingerprint density at radius 2 is 2.14 bits per heavy atom. The lowest BCUT2D eigenvalue weighted by Crippen LogP contribution is -2.38. The molecular formula is C16H22ClFN2O2. The average Bonchev–Trinajstić information content (AvgIpc) is 2.92. The largest absolute Gasteiger partial charge is 0.494 e. The van der Waals surface area contributed by atoms with Gasteiger partial charge in [0.15, 0.2) is 11.6 Å². The molecular weight excluding hydrogens is 307 g/mol. The van der Waals surface area contributed by atoms with Crippen molar-refractivity contribution in [2.24, 2.45) is 17.6 Å². The first-order valence-corrected chi connectivity index (χ1v) is 7.48. The van der Waals surface area contributed by atoms with E-state index >= 15 is 0 Å². The van der Waals surface area contributed by atoms with Crippen LogP contribution in [-0.2, 0) is 0 Å². The molecule has 0 aromatic heterocycles. The van der Waals surface area contributed by atoms with Gasteiger partial charge in [0, 0.05) is 24.7 Å². The lowest BCUT2D eigenvalue weighted by atomic mass is 9.78. The predicted octanol–water partition coefficient (Wildman–Crippen LogP) is 2.46. The van der Waals surface area contributed by atoms with Crippen LogP contribution in [0.25, 0.3) is 0 Å². The van der Waals surface area contributed by atoms with Crippen LogP contribution in [0.5, 0.6) is 5.75 Å². The number of ether oxygens (including phenoxy) is 1. The topological polar surface area (TPSA) is 55.6 Å². The second-order valence-electron chi connectivity index (χ2n) is 6.08. The van der Waals surface area contributed by atoms with Crippen molar-refractivity contribution < 1.29 is 13.9 Å². The summed E-state index contributed by atoms with van der Waals surface area (Å²) < 4.78 is 18.4. The van der Waals surface area contributed by atoms with Crippen LogP contribution in [0.2, 0.25) is 0 Å². The maximum Gasteiger partial charge on any atom is 0.254 e. The number of halogens is 2. The summed E-state index contributed by atoms with van der Waals surface area (Å²) in [6, 6.07) is 4.46. The van der Waals surface area contributed by atoms with Gasteiger partial charge in [-0.1, -0.05) is 6.42 Å². The Balaban J connectivity index is 0.00000176. The van der Waals surface area contributed by atoms with Crippen molar-refractivity contribution in [1.29, 1.82) is 0 Å². The van der Waals surface area contributed by atoms with E-state index < -0.39 is 5.82 Å². The van der Waals surface area contributed by atoms with Gasteiger partial charge in [-0.2, -0.15) is 0 Å². The molecule has 2 N–H and O–H groups in total. The summed E-state index contributed by atoms with van der Waals surface area (Å²) in [5.41, 5.74) is 6.65. The standard InChI is InChI=1S/C16H21FN2O2.ClH/c1-21-15-7-10(5-6-13(15)17)16(20)19-8-11-3-2-4-14(18)12(11)9-19;/h5-7,11-12,14H,2-4,8-9,18H2,1H3;1H. The van der Waals surface area contributed by atoms with Crippen LogP contribution in [0.1, 0.15) is 29.6 Å². The zero-order valence-electron chi connectivity index (χ0n) is 12.6. The molecule has 3 atom stereocenters. The molecule has 1 aromatic rings. The molecule has 1 saturated heterocycles. The van der Waals surface area contributed by atoms with Gasteiger partial charge in [0.05, 0.1) is 7.11 Å². The molecule has 3 rings (SSSR count). The van der Waals surface area contributed by atoms with Crippen LogP contribution in [0.3, 0.4) is 0 Å². The molecule has 2 fully saturated rings. The molecule has 3 unspecified atom stereocenters. The Hall–Kier alpha value is -1.33. The number of benzene rings is 1. The van der Waals surface area contributed by atoms with Crippen LogP contribution in [0.15, 0.2) is 18.2 Å². The Kier molecular flexibility index (Phi) is 5.29. The summed E-state index contributed by atoms with van der Waals surface area (Å²) in [6.45, 7) is 1.47. The van der Waals surface area contributed by atoms with Gasteiger partial charge in [0.2, 0.25) is 0 Å². The van der Waals surface area contributed by atoms with Crippen molar-refractivity contribution in [1.82, 2.24) is 4.90 Å². The van der Waals surface area contributed by atoms with Crippen molar-refractivity contribution in [2.45, 2.75) is 25.3 Å². The van der Waals surface area contributed by atoms with E-state index in [9.17, 15) is 9.18 Å². The molecule has 1 aliphatic carbocycles. The maximum absolute atomic E-state index is 13.4. The van der Waals surface area contributed by atoms with Gasteiger partial charge in [-0.3, -0.25) is 4.79 Å². The van der Waals surface area contributed by atoms with Crippen LogP contribution in [0, 0.1) is 17.7 Å². The predicted molar refractivity (Wildman–Crippen MR) is 84.9 cm³/mol. The van der Waals surface area contributed by atoms with E-state index in [-0.39, 0.29) is 30.1 Å². The molecule has 1 heterocycles. The average molecular weight is 329 g/mol. The fourth-order valence-corrected chi connectivity index (χ4v) is 3.66. The smallest absolute Gasteiger partial charge is 0.254 e. The molecule has 0 spiro atoms. The molecule has 1 amide bonds. The summed E-state index contributed by atoms with van der Waals surface area (Å²) >= 11 is 0. The lowest BCUT2D eigenvalue weighted by molar-refractivity contribution is 0.0783. The second-order valence-corrected chi connectivity index (χ2v) is 6.08. The van der Waals surface area contributed by atoms with Gasteiger partial charge in [-0.05, 0) is 42.9 Å². The third-order valence-electron chi connectivity index (χ3n) is 4.84. The second kappa shape index (κ2) is 6.84. The number of methoxy groups -OCH3 is 1. The molecule has 122 valence electrons. The van der Waals surface area contributed by atoms with Crippen molar-refractivity contribution in [2.75, 3.05) is 20.2 Å². The fraction of sp³-hybridized carbons (Fsp3) is 0.562. The van der Waals surface area contributed by atoms with E-state index in [1.165, 1.54) is 25.3 Å². The molecule has 22 heavy (non-hydrogen) atoms. The quantitative estimate of drug-likeness (QED) is 0.907. The number of hydrogen-bond donors (Lipinski definition) is 1. The molecule has 6 heteroatoms. The Labute approximate surface area is 136 Å². The minimum absolute atomic E-state index is 0. The summed E-state index contributed by atoms with van der Waals surface area (Å²) in [5.74, 6) is 0.514. The van der Waals surface area contributed by atoms with Crippen LogP contribution in [0.4, 0.5) is 4.39 Å². The van der Waals surface area contributed by atoms with E-state index in [1.807, 2.05) is 4.90 Å². The molecule has 1 aliphatic heterocycles. The van der Waals surface area contributed by atoms with E-state index in [4.69, 9.17) is 10.5 Å². The summed E-state index contributed by atoms with van der Waals surface area (Å²) in [6.07, 6.45) is 3.34. The lowest BCUT2D eigenvalue weighted by Gasteiger charge is -2.29. The normalized spacial score (nSPS) is 27.0. The van der Waals surface area contributed by atoms with Gasteiger partial charge in [-0.15, -0.1) is 12.4 Å². The number of nitrogens with two attached hydrogens (primary N) is 1. The van der Waals surface area contributed by atoms with Gasteiger partial charge in [0.1, 0.15) is 0 Å². The molecule has 0 bridgehead atoms. The number of carbonyl (C=O) groups is 1. The molecule has 1 saturated carbocycles. The molecule has 0 radical (unpaired) electrons. The Morgan fingerprint density at radius 1 is 1.36 bits per heavy atom. The number of carbonyl (C=O) groups excluding carboxylic acids is 1. The van der Waals surface area contributed by atoms with Gasteiger partial charge in [-0.25, -0.2) is 4.39 Å². The van der Waals surface area contributed by atoms with E-state index in [0.29, 0.717) is 23.9 Å². The van der Waals surface area contributed by atoms with Gasteiger partial charge < -0.3 is 15.4 Å². The van der Waals surface area contributed by atoms with Crippen molar-refractivity contribution in [3.63, 3.8) is 0 Å². The van der Waals surface area contributed by atoms with Crippen LogP contribution >= 0.6 is 12.4 Å². The number of hydrogen-bond acceptors (Lipinski definition) is 3. The van der Waals surface area contributed by atoms with Gasteiger partial charge in [0.25, 0.3) is 5.91 Å². The number of nitrogens with zero attached hydrogens (tertiary/aromatic N) is 1. The summed E-state index contributed by atoms with van der Waals surface area (Å²) in [7, 11) is 1.40. The van der Waals surface area contributed by atoms with Crippen LogP contribution < -0.4 is 10.5 Å². The molecule has 1 aromatic carbocycles. The first-order chi connectivity index (χ1) is 10.1. The number of likely N-dealkylation sites (tertiary alicyclic amines) is 1. The maximum atomic E-state index is 13.4. The summed E-state index contributed by atoms with van der Waals surface area (Å²) in [4.78, 5) is 14.4. The van der Waals surface area contributed by atoms with Crippen molar-refractivity contribution in [3.8, 4) is 5.75 Å². The van der Waals surface area contributed by atoms with Gasteiger partial charge >= 0.3 is 0 Å². The molecule has 4 nitrogen and oxygen atoms in total. The number of rotatable bonds is 2. The zero-order chi connectivity index (χ0) is 15.0. The van der Waals surface area contributed by atoms with E-state index in [2.05, 4.69) is 0 Å². The fourth-order valence-electron chi connectivity index (χ4n) is 3.66. The number of fused-ring (bicyclic) bond motifs is 1. The van der Waals surface area contributed by atoms with Crippen LogP contribution in [-0.4, -0.2) is 37.0 Å². The van der Waals surface area contributed by atoms with E-state index in [0.717, 1.165) is 25.8 Å². The first-order valence-electron chi connectivity index (χ1n) is 7.48. The highest BCUT2D eigenvalue weighted by Crippen LogP contribution is 2.36. The number of amides is 1. The Bertz CT molecular complexity index is 555. The first kappa shape index (κ1) is 17.0. The van der Waals surface area contributed by atoms with E-state index in [1.54, 1.807) is 0 Å². The zero-order valence-corrected chi connectivity index (χ0v) is 13.4. The minimum Gasteiger partial charge on any atom is -0.494 e. The summed E-state index contributed by atoms with van der Waals surface area (Å²) in [5, 5.41) is 0. The third-order valence-corrected chi connectivity index (χ3v) is 4.84. The van der Waals surface area contributed by atoms with Crippen molar-refractivity contribution in [3.05, 3.63) is 29.6 Å². The van der Waals surface area contributed by atoms with Crippen molar-refractivity contribution >= 4 is 18.3 Å². The highest BCUT2D eigenvalue weighted by molar-refractivity contribution is 5.94. The molecule has 2 aliphatic rings. The monoisotopic (exact) mass is 328 g/mol. The Morgan fingerprint density at radius 3 is 2.82 bits per heavy atom. The highest BCUT2D eigenvalue weighted by atomic mass is 35.5. The SMILES string of the molecule is COc1cc(C(=O)N2CC3CCCC(N)C3C2)ccc1F.Cl. The minimum atomic E-state index is -0.453.